The fourth-order valence-corrected chi connectivity index (χ4v) is 2.47. The van der Waals surface area contributed by atoms with Gasteiger partial charge in [0.25, 0.3) is 0 Å². The molecule has 0 amide bonds. The first-order valence-corrected chi connectivity index (χ1v) is 6.82. The number of rotatable bonds is 4. The molecular formula is C14H21Cl2F3N2O. The smallest absolute Gasteiger partial charge is 0.433 e. The van der Waals surface area contributed by atoms with Gasteiger partial charge in [0, 0.05) is 6.04 Å². The normalized spacial score (nSPS) is 21.5. The van der Waals surface area contributed by atoms with Crippen molar-refractivity contribution in [3.63, 3.8) is 0 Å². The summed E-state index contributed by atoms with van der Waals surface area (Å²) in [5, 5.41) is 3.26. The molecule has 0 unspecified atom stereocenters. The van der Waals surface area contributed by atoms with E-state index < -0.39 is 11.9 Å². The summed E-state index contributed by atoms with van der Waals surface area (Å²) in [6, 6.07) is 2.86. The minimum absolute atomic E-state index is 0. The molecule has 1 saturated carbocycles. The van der Waals surface area contributed by atoms with E-state index in [-0.39, 0.29) is 24.8 Å². The van der Waals surface area contributed by atoms with Gasteiger partial charge in [-0.15, -0.1) is 24.8 Å². The Kier molecular flexibility index (Phi) is 9.12. The highest BCUT2D eigenvalue weighted by atomic mass is 35.5. The summed E-state index contributed by atoms with van der Waals surface area (Å²) >= 11 is 0. The van der Waals surface area contributed by atoms with Crippen LogP contribution in [0.25, 0.3) is 0 Å². The number of alkyl halides is 3. The van der Waals surface area contributed by atoms with Gasteiger partial charge < -0.3 is 10.1 Å². The molecule has 0 atom stereocenters. The minimum Gasteiger partial charge on any atom is -0.492 e. The lowest BCUT2D eigenvalue weighted by Gasteiger charge is -2.28. The summed E-state index contributed by atoms with van der Waals surface area (Å²) in [7, 11) is 1.97. The maximum atomic E-state index is 12.4. The average Bonchev–Trinajstić information content (AvgIpc) is 2.45. The van der Waals surface area contributed by atoms with Gasteiger partial charge in [-0.05, 0) is 50.8 Å². The van der Waals surface area contributed by atoms with Crippen molar-refractivity contribution in [2.24, 2.45) is 5.92 Å². The van der Waals surface area contributed by atoms with Crippen LogP contribution in [-0.2, 0) is 6.18 Å². The van der Waals surface area contributed by atoms with E-state index in [1.54, 1.807) is 0 Å². The van der Waals surface area contributed by atoms with Crippen LogP contribution in [0.4, 0.5) is 13.2 Å². The van der Waals surface area contributed by atoms with E-state index >= 15 is 0 Å². The summed E-state index contributed by atoms with van der Waals surface area (Å²) in [6.45, 7) is 0.545. The molecule has 0 saturated heterocycles. The summed E-state index contributed by atoms with van der Waals surface area (Å²) in [5.41, 5.74) is -0.889. The molecule has 0 spiro atoms. The molecular weight excluding hydrogens is 340 g/mol. The predicted octanol–water partition coefficient (Wildman–Crippen LogP) is 4.10. The zero-order valence-electron chi connectivity index (χ0n) is 12.2. The van der Waals surface area contributed by atoms with Crippen molar-refractivity contribution in [3.8, 4) is 5.75 Å². The quantitative estimate of drug-likeness (QED) is 0.877. The van der Waals surface area contributed by atoms with Crippen molar-refractivity contribution in [1.82, 2.24) is 10.3 Å². The third-order valence-corrected chi connectivity index (χ3v) is 3.77. The van der Waals surface area contributed by atoms with E-state index in [4.69, 9.17) is 4.74 Å². The number of hydrogen-bond donors (Lipinski definition) is 1. The fraction of sp³-hybridized carbons (Fsp3) is 0.643. The second kappa shape index (κ2) is 9.43. The monoisotopic (exact) mass is 360 g/mol. The van der Waals surface area contributed by atoms with Gasteiger partial charge in [0.2, 0.25) is 0 Å². The number of nitrogens with one attached hydrogen (secondary N) is 1. The van der Waals surface area contributed by atoms with Crippen LogP contribution in [-0.4, -0.2) is 24.7 Å². The molecule has 1 aliphatic carbocycles. The lowest BCUT2D eigenvalue weighted by atomic mass is 9.87. The Hall–Kier alpha value is -0.720. The van der Waals surface area contributed by atoms with Crippen molar-refractivity contribution in [3.05, 3.63) is 24.0 Å². The van der Waals surface area contributed by atoms with Gasteiger partial charge in [0.1, 0.15) is 11.4 Å². The molecule has 1 aliphatic rings. The van der Waals surface area contributed by atoms with Gasteiger partial charge in [-0.1, -0.05) is 0 Å². The van der Waals surface area contributed by atoms with Crippen molar-refractivity contribution >= 4 is 24.8 Å². The molecule has 1 fully saturated rings. The highest BCUT2D eigenvalue weighted by Gasteiger charge is 2.32. The molecule has 0 bridgehead atoms. The Morgan fingerprint density at radius 1 is 1.18 bits per heavy atom. The molecule has 0 aromatic carbocycles. The van der Waals surface area contributed by atoms with Gasteiger partial charge >= 0.3 is 6.18 Å². The molecule has 1 heterocycles. The number of ether oxygens (including phenoxy) is 1. The van der Waals surface area contributed by atoms with E-state index in [2.05, 4.69) is 10.3 Å². The number of hydrogen-bond acceptors (Lipinski definition) is 3. The van der Waals surface area contributed by atoms with E-state index in [9.17, 15) is 13.2 Å². The largest absolute Gasteiger partial charge is 0.492 e. The molecule has 8 heteroatoms. The summed E-state index contributed by atoms with van der Waals surface area (Å²) in [5.74, 6) is 0.871. The van der Waals surface area contributed by atoms with Crippen molar-refractivity contribution in [1.29, 1.82) is 0 Å². The van der Waals surface area contributed by atoms with Gasteiger partial charge in [-0.2, -0.15) is 13.2 Å². The number of aromatic nitrogens is 1. The topological polar surface area (TPSA) is 34.1 Å². The molecule has 2 rings (SSSR count). The van der Waals surface area contributed by atoms with Crippen molar-refractivity contribution in [2.45, 2.75) is 37.9 Å². The Morgan fingerprint density at radius 3 is 2.27 bits per heavy atom. The van der Waals surface area contributed by atoms with E-state index in [1.807, 2.05) is 7.05 Å². The first kappa shape index (κ1) is 21.3. The Bertz CT molecular complexity index is 421. The minimum atomic E-state index is -4.40. The number of halogens is 5. The second-order valence-electron chi connectivity index (χ2n) is 5.19. The highest BCUT2D eigenvalue weighted by molar-refractivity contribution is 5.85. The molecule has 1 aromatic heterocycles. The fourth-order valence-electron chi connectivity index (χ4n) is 2.47. The molecule has 0 radical (unpaired) electrons. The molecule has 1 N–H and O–H groups in total. The average molecular weight is 361 g/mol. The first-order chi connectivity index (χ1) is 9.49. The van der Waals surface area contributed by atoms with Crippen LogP contribution < -0.4 is 10.1 Å². The molecule has 22 heavy (non-hydrogen) atoms. The maximum Gasteiger partial charge on any atom is 0.433 e. The zero-order valence-corrected chi connectivity index (χ0v) is 13.9. The van der Waals surface area contributed by atoms with Crippen LogP contribution in [0.2, 0.25) is 0 Å². The van der Waals surface area contributed by atoms with E-state index in [0.29, 0.717) is 24.3 Å². The van der Waals surface area contributed by atoms with E-state index in [0.717, 1.165) is 37.9 Å². The van der Waals surface area contributed by atoms with Gasteiger partial charge in [0.15, 0.2) is 0 Å². The number of nitrogens with zero attached hydrogens (tertiary/aromatic N) is 1. The van der Waals surface area contributed by atoms with Crippen molar-refractivity contribution in [2.75, 3.05) is 13.7 Å². The van der Waals surface area contributed by atoms with Crippen LogP contribution in [0, 0.1) is 5.92 Å². The third-order valence-electron chi connectivity index (χ3n) is 3.77. The molecule has 0 aliphatic heterocycles. The van der Waals surface area contributed by atoms with Crippen LogP contribution in [0.5, 0.6) is 5.75 Å². The van der Waals surface area contributed by atoms with Gasteiger partial charge in [0.05, 0.1) is 12.8 Å². The highest BCUT2D eigenvalue weighted by Crippen LogP contribution is 2.29. The van der Waals surface area contributed by atoms with E-state index in [1.165, 1.54) is 6.07 Å². The standard InChI is InChI=1S/C14H19F3N2O.2ClH/c1-18-11-4-2-10(3-5-11)9-20-12-6-7-13(19-8-12)14(15,16)17;;/h6-8,10-11,18H,2-5,9H2,1H3;2*1H. The van der Waals surface area contributed by atoms with Crippen LogP contribution in [0.15, 0.2) is 18.3 Å². The van der Waals surface area contributed by atoms with Gasteiger partial charge in [-0.25, -0.2) is 4.98 Å². The lowest BCUT2D eigenvalue weighted by Crippen LogP contribution is -2.31. The summed E-state index contributed by atoms with van der Waals surface area (Å²) in [4.78, 5) is 3.38. The van der Waals surface area contributed by atoms with Gasteiger partial charge in [-0.3, -0.25) is 0 Å². The van der Waals surface area contributed by atoms with Crippen molar-refractivity contribution < 1.29 is 17.9 Å². The summed E-state index contributed by atoms with van der Waals surface area (Å²) < 4.78 is 42.6. The maximum absolute atomic E-state index is 12.4. The summed E-state index contributed by atoms with van der Waals surface area (Å²) in [6.07, 6.45) is 1.15. The Balaban J connectivity index is 0.00000220. The van der Waals surface area contributed by atoms with Crippen LogP contribution in [0.3, 0.4) is 0 Å². The molecule has 3 nitrogen and oxygen atoms in total. The Labute approximate surface area is 140 Å². The molecule has 1 aromatic rings. The van der Waals surface area contributed by atoms with Crippen LogP contribution in [0.1, 0.15) is 31.4 Å². The lowest BCUT2D eigenvalue weighted by molar-refractivity contribution is -0.141. The predicted molar refractivity (Wildman–Crippen MR) is 84.0 cm³/mol. The Morgan fingerprint density at radius 2 is 1.82 bits per heavy atom. The zero-order chi connectivity index (χ0) is 14.6. The molecule has 128 valence electrons. The second-order valence-corrected chi connectivity index (χ2v) is 5.19. The SMILES string of the molecule is CNC1CCC(COc2ccc(C(F)(F)F)nc2)CC1.Cl.Cl. The third kappa shape index (κ3) is 6.18. The number of pyridine rings is 1. The van der Waals surface area contributed by atoms with Crippen LogP contribution >= 0.6 is 24.8 Å². The first-order valence-electron chi connectivity index (χ1n) is 6.82.